The highest BCUT2D eigenvalue weighted by atomic mass is 32.1. The molecule has 1 aromatic carbocycles. The second-order valence-corrected chi connectivity index (χ2v) is 7.57. The van der Waals surface area contributed by atoms with Crippen molar-refractivity contribution in [1.29, 1.82) is 0 Å². The van der Waals surface area contributed by atoms with Gasteiger partial charge in [-0.2, -0.15) is 16.4 Å². The number of carbonyl (C=O) groups excluding carboxylic acids is 2. The van der Waals surface area contributed by atoms with Gasteiger partial charge in [-0.1, -0.05) is 18.2 Å². The van der Waals surface area contributed by atoms with Crippen molar-refractivity contribution < 1.29 is 9.59 Å². The first-order chi connectivity index (χ1) is 13.7. The van der Waals surface area contributed by atoms with Crippen LogP contribution in [0.2, 0.25) is 0 Å². The van der Waals surface area contributed by atoms with Crippen LogP contribution in [0.4, 0.5) is 5.82 Å². The van der Waals surface area contributed by atoms with Crippen LogP contribution in [0.5, 0.6) is 0 Å². The Morgan fingerprint density at radius 3 is 2.79 bits per heavy atom. The lowest BCUT2D eigenvalue weighted by molar-refractivity contribution is -0.116. The third kappa shape index (κ3) is 3.99. The zero-order valence-electron chi connectivity index (χ0n) is 15.5. The Morgan fingerprint density at radius 2 is 2.00 bits per heavy atom. The Kier molecular flexibility index (Phi) is 5.53. The lowest BCUT2D eigenvalue weighted by Gasteiger charge is -2.11. The summed E-state index contributed by atoms with van der Waals surface area (Å²) in [6.07, 6.45) is 3.90. The topological polar surface area (TPSA) is 76.0 Å². The summed E-state index contributed by atoms with van der Waals surface area (Å²) in [5, 5.41) is 14.3. The molecule has 6 nitrogen and oxygen atoms in total. The summed E-state index contributed by atoms with van der Waals surface area (Å²) in [7, 11) is 0. The van der Waals surface area contributed by atoms with E-state index in [1.165, 1.54) is 11.3 Å². The van der Waals surface area contributed by atoms with Gasteiger partial charge in [0.2, 0.25) is 5.91 Å². The monoisotopic (exact) mass is 394 g/mol. The quantitative estimate of drug-likeness (QED) is 0.602. The fourth-order valence-electron chi connectivity index (χ4n) is 3.42. The van der Waals surface area contributed by atoms with E-state index >= 15 is 0 Å². The van der Waals surface area contributed by atoms with Crippen LogP contribution in [0.3, 0.4) is 0 Å². The third-order valence-corrected chi connectivity index (χ3v) is 5.50. The third-order valence-electron chi connectivity index (χ3n) is 4.82. The van der Waals surface area contributed by atoms with Crippen LogP contribution in [-0.4, -0.2) is 28.1 Å². The van der Waals surface area contributed by atoms with E-state index in [-0.39, 0.29) is 11.8 Å². The van der Waals surface area contributed by atoms with Crippen molar-refractivity contribution in [1.82, 2.24) is 15.1 Å². The van der Waals surface area contributed by atoms with E-state index in [1.807, 2.05) is 45.8 Å². The first-order valence-electron chi connectivity index (χ1n) is 9.49. The molecule has 0 aliphatic heterocycles. The maximum absolute atomic E-state index is 12.5. The Labute approximate surface area is 167 Å². The van der Waals surface area contributed by atoms with Crippen LogP contribution in [-0.2, 0) is 17.6 Å². The molecule has 4 rings (SSSR count). The molecule has 28 heavy (non-hydrogen) atoms. The maximum atomic E-state index is 12.5. The van der Waals surface area contributed by atoms with E-state index < -0.39 is 0 Å². The molecule has 0 fully saturated rings. The molecular weight excluding hydrogens is 372 g/mol. The van der Waals surface area contributed by atoms with Gasteiger partial charge in [-0.15, -0.1) is 0 Å². The van der Waals surface area contributed by atoms with Gasteiger partial charge >= 0.3 is 0 Å². The summed E-state index contributed by atoms with van der Waals surface area (Å²) < 4.78 is 1.83. The molecule has 7 heteroatoms. The van der Waals surface area contributed by atoms with E-state index in [1.54, 1.807) is 6.07 Å². The fraction of sp³-hybridized carbons (Fsp3) is 0.286. The number of aryl methyl sites for hydroxylation is 1. The van der Waals surface area contributed by atoms with E-state index in [2.05, 4.69) is 10.6 Å². The number of rotatable bonds is 7. The largest absolute Gasteiger partial charge is 0.352 e. The Bertz CT molecular complexity index is 964. The zero-order valence-corrected chi connectivity index (χ0v) is 16.3. The van der Waals surface area contributed by atoms with Gasteiger partial charge in [0, 0.05) is 29.5 Å². The predicted octanol–water partition coefficient (Wildman–Crippen LogP) is 3.57. The number of benzene rings is 1. The van der Waals surface area contributed by atoms with E-state index in [4.69, 9.17) is 5.10 Å². The minimum atomic E-state index is -0.0957. The smallest absolute Gasteiger partial charge is 0.252 e. The molecule has 2 N–H and O–H groups in total. The summed E-state index contributed by atoms with van der Waals surface area (Å²) in [4.78, 5) is 24.4. The predicted molar refractivity (Wildman–Crippen MR) is 110 cm³/mol. The molecular formula is C21H22N4O2S. The van der Waals surface area contributed by atoms with Crippen molar-refractivity contribution in [3.63, 3.8) is 0 Å². The Morgan fingerprint density at radius 1 is 1.14 bits per heavy atom. The molecule has 0 saturated carbocycles. The van der Waals surface area contributed by atoms with Crippen molar-refractivity contribution in [3.05, 3.63) is 64.0 Å². The molecule has 144 valence electrons. The molecule has 2 amide bonds. The van der Waals surface area contributed by atoms with Crippen molar-refractivity contribution in [2.24, 2.45) is 0 Å². The van der Waals surface area contributed by atoms with E-state index in [9.17, 15) is 9.59 Å². The molecule has 0 bridgehead atoms. The lowest BCUT2D eigenvalue weighted by Crippen LogP contribution is -2.25. The number of nitrogens with one attached hydrogen (secondary N) is 2. The number of fused-ring (bicyclic) bond motifs is 1. The highest BCUT2D eigenvalue weighted by Crippen LogP contribution is 2.31. The normalized spacial score (nSPS) is 12.6. The lowest BCUT2D eigenvalue weighted by atomic mass is 10.2. The van der Waals surface area contributed by atoms with Crippen molar-refractivity contribution >= 4 is 29.0 Å². The number of carbonyl (C=O) groups is 2. The second kappa shape index (κ2) is 8.39. The van der Waals surface area contributed by atoms with Gasteiger partial charge in [0.15, 0.2) is 0 Å². The van der Waals surface area contributed by atoms with Gasteiger partial charge in [-0.25, -0.2) is 4.68 Å². The van der Waals surface area contributed by atoms with Gasteiger partial charge in [-0.05, 0) is 49.3 Å². The van der Waals surface area contributed by atoms with Gasteiger partial charge in [0.05, 0.1) is 11.4 Å². The molecule has 3 aromatic rings. The molecule has 0 radical (unpaired) electrons. The molecule has 1 aliphatic rings. The molecule has 1 aliphatic carbocycles. The van der Waals surface area contributed by atoms with Gasteiger partial charge in [-0.3, -0.25) is 9.59 Å². The van der Waals surface area contributed by atoms with Crippen molar-refractivity contribution in [3.8, 4) is 5.69 Å². The molecule has 0 unspecified atom stereocenters. The molecule has 2 heterocycles. The van der Waals surface area contributed by atoms with Crippen LogP contribution >= 0.6 is 11.3 Å². The van der Waals surface area contributed by atoms with Gasteiger partial charge in [0.1, 0.15) is 5.82 Å². The van der Waals surface area contributed by atoms with Crippen molar-refractivity contribution in [2.75, 3.05) is 11.9 Å². The number of para-hydroxylation sites is 1. The summed E-state index contributed by atoms with van der Waals surface area (Å²) in [6.45, 7) is 0.470. The van der Waals surface area contributed by atoms with Crippen LogP contribution in [0.25, 0.3) is 5.69 Å². The molecule has 0 saturated heterocycles. The van der Waals surface area contributed by atoms with E-state index in [0.29, 0.717) is 24.9 Å². The minimum absolute atomic E-state index is 0.0587. The molecule has 2 aromatic heterocycles. The molecule has 0 atom stereocenters. The number of thiophene rings is 1. The number of amides is 2. The Hall–Kier alpha value is -2.93. The first-order valence-corrected chi connectivity index (χ1v) is 10.4. The highest BCUT2D eigenvalue weighted by molar-refractivity contribution is 7.08. The second-order valence-electron chi connectivity index (χ2n) is 6.79. The SMILES string of the molecule is O=C(CCCNC(=O)c1ccsc1)Nc1c2c(nn1-c1ccccc1)CCC2. The summed E-state index contributed by atoms with van der Waals surface area (Å²) >= 11 is 1.49. The number of hydrogen-bond donors (Lipinski definition) is 2. The average Bonchev–Trinajstić information content (AvgIpc) is 3.45. The number of hydrogen-bond acceptors (Lipinski definition) is 4. The number of aromatic nitrogens is 2. The van der Waals surface area contributed by atoms with Crippen LogP contribution in [0.1, 0.15) is 40.9 Å². The Balaban J connectivity index is 1.36. The van der Waals surface area contributed by atoms with Crippen LogP contribution in [0.15, 0.2) is 47.2 Å². The summed E-state index contributed by atoms with van der Waals surface area (Å²) in [5.74, 6) is 0.629. The van der Waals surface area contributed by atoms with E-state index in [0.717, 1.165) is 42.0 Å². The van der Waals surface area contributed by atoms with Crippen molar-refractivity contribution in [2.45, 2.75) is 32.1 Å². The summed E-state index contributed by atoms with van der Waals surface area (Å²) in [5.41, 5.74) is 3.82. The van der Waals surface area contributed by atoms with Gasteiger partial charge < -0.3 is 10.6 Å². The molecule has 0 spiro atoms. The highest BCUT2D eigenvalue weighted by Gasteiger charge is 2.24. The zero-order chi connectivity index (χ0) is 19.3. The van der Waals surface area contributed by atoms with Gasteiger partial charge in [0.25, 0.3) is 5.91 Å². The van der Waals surface area contributed by atoms with Crippen LogP contribution in [0, 0.1) is 0 Å². The average molecular weight is 395 g/mol. The first kappa shape index (κ1) is 18.4. The standard InChI is InChI=1S/C21H22N4O2S/c26-19(10-5-12-22-21(27)15-11-13-28-14-15)23-20-17-8-4-9-18(17)24-25(20)16-6-2-1-3-7-16/h1-3,6-7,11,13-14H,4-5,8-10,12H2,(H,22,27)(H,23,26). The minimum Gasteiger partial charge on any atom is -0.352 e. The number of anilines is 1. The fourth-order valence-corrected chi connectivity index (χ4v) is 4.05. The summed E-state index contributed by atoms with van der Waals surface area (Å²) in [6, 6.07) is 11.6. The van der Waals surface area contributed by atoms with Crippen LogP contribution < -0.4 is 10.6 Å². The maximum Gasteiger partial charge on any atom is 0.252 e. The number of nitrogens with zero attached hydrogens (tertiary/aromatic N) is 2.